The molecule has 0 aliphatic rings. The summed E-state index contributed by atoms with van der Waals surface area (Å²) in [5.41, 5.74) is 4.12. The Labute approximate surface area is 213 Å². The Morgan fingerprint density at radius 1 is 1.03 bits per heavy atom. The molecule has 0 radical (unpaired) electrons. The van der Waals surface area contributed by atoms with Gasteiger partial charge in [0.15, 0.2) is 0 Å². The monoisotopic (exact) mass is 497 g/mol. The van der Waals surface area contributed by atoms with E-state index in [0.717, 1.165) is 11.1 Å². The Bertz CT molecular complexity index is 1490. The molecule has 0 aliphatic heterocycles. The van der Waals surface area contributed by atoms with E-state index in [2.05, 4.69) is 11.2 Å². The van der Waals surface area contributed by atoms with E-state index in [1.807, 2.05) is 0 Å². The summed E-state index contributed by atoms with van der Waals surface area (Å²) in [7, 11) is 0. The summed E-state index contributed by atoms with van der Waals surface area (Å²) in [6.07, 6.45) is 0. The normalized spacial score (nSPS) is 10.6. The van der Waals surface area contributed by atoms with E-state index in [1.165, 1.54) is 12.1 Å². The second-order valence-electron chi connectivity index (χ2n) is 8.73. The van der Waals surface area contributed by atoms with Crippen molar-refractivity contribution in [3.63, 3.8) is 0 Å². The van der Waals surface area contributed by atoms with Crippen LogP contribution in [0.4, 0.5) is 10.1 Å². The predicted octanol–water partition coefficient (Wildman–Crippen LogP) is 5.31. The SMILES string of the molecule is Cc1nn(Cc2ccc(C(=O)N(Cc3ccc(C#N)cc3)Cc3cccc(F)c3)cc2)c(C)c1[N+](=O)[O-]. The first-order valence-electron chi connectivity index (χ1n) is 11.5. The number of nitriles is 1. The number of nitro groups is 1. The number of halogens is 1. The lowest BCUT2D eigenvalue weighted by Crippen LogP contribution is -2.30. The molecule has 0 bridgehead atoms. The summed E-state index contributed by atoms with van der Waals surface area (Å²) in [5, 5.41) is 24.6. The molecule has 1 heterocycles. The zero-order valence-electron chi connectivity index (χ0n) is 20.4. The van der Waals surface area contributed by atoms with Gasteiger partial charge in [0.2, 0.25) is 0 Å². The summed E-state index contributed by atoms with van der Waals surface area (Å²) in [6.45, 7) is 4.06. The van der Waals surface area contributed by atoms with E-state index in [9.17, 15) is 19.3 Å². The van der Waals surface area contributed by atoms with Gasteiger partial charge in [-0.15, -0.1) is 0 Å². The van der Waals surface area contributed by atoms with Gasteiger partial charge in [-0.3, -0.25) is 19.6 Å². The molecule has 4 aromatic rings. The number of amides is 1. The highest BCUT2D eigenvalue weighted by atomic mass is 19.1. The maximum absolute atomic E-state index is 13.8. The molecule has 0 atom stereocenters. The Kier molecular flexibility index (Phi) is 7.39. The van der Waals surface area contributed by atoms with Crippen molar-refractivity contribution in [3.8, 4) is 6.07 Å². The van der Waals surface area contributed by atoms with E-state index < -0.39 is 4.92 Å². The van der Waals surface area contributed by atoms with Crippen LogP contribution < -0.4 is 0 Å². The van der Waals surface area contributed by atoms with Gasteiger partial charge in [0.05, 0.1) is 23.1 Å². The molecular weight excluding hydrogens is 473 g/mol. The molecular formula is C28H24FN5O3. The van der Waals surface area contributed by atoms with Crippen LogP contribution in [0.15, 0.2) is 72.8 Å². The molecule has 186 valence electrons. The predicted molar refractivity (Wildman–Crippen MR) is 135 cm³/mol. The third kappa shape index (κ3) is 5.87. The molecule has 8 nitrogen and oxygen atoms in total. The molecule has 0 N–H and O–H groups in total. The second-order valence-corrected chi connectivity index (χ2v) is 8.73. The van der Waals surface area contributed by atoms with Crippen molar-refractivity contribution in [1.82, 2.24) is 14.7 Å². The quantitative estimate of drug-likeness (QED) is 0.242. The van der Waals surface area contributed by atoms with Crippen LogP contribution in [-0.2, 0) is 19.6 Å². The Morgan fingerprint density at radius 2 is 1.68 bits per heavy atom. The second kappa shape index (κ2) is 10.8. The average molecular weight is 498 g/mol. The van der Waals surface area contributed by atoms with Gasteiger partial charge in [-0.1, -0.05) is 36.4 Å². The minimum atomic E-state index is -0.434. The number of benzene rings is 3. The first kappa shape index (κ1) is 25.3. The minimum Gasteiger partial charge on any atom is -0.330 e. The van der Waals surface area contributed by atoms with Gasteiger partial charge in [0, 0.05) is 18.7 Å². The van der Waals surface area contributed by atoms with Crippen molar-refractivity contribution in [2.45, 2.75) is 33.5 Å². The minimum absolute atomic E-state index is 0.00240. The number of aromatic nitrogens is 2. The van der Waals surface area contributed by atoms with Gasteiger partial charge in [0.25, 0.3) is 5.91 Å². The molecule has 0 spiro atoms. The Hall–Kier alpha value is -4.84. The molecule has 9 heteroatoms. The fourth-order valence-electron chi connectivity index (χ4n) is 4.17. The lowest BCUT2D eigenvalue weighted by molar-refractivity contribution is -0.386. The number of nitrogens with zero attached hydrogens (tertiary/aromatic N) is 5. The lowest BCUT2D eigenvalue weighted by atomic mass is 10.1. The zero-order valence-corrected chi connectivity index (χ0v) is 20.4. The van der Waals surface area contributed by atoms with E-state index >= 15 is 0 Å². The standard InChI is InChI=1S/C28H24FN5O3/c1-19-27(34(36)37)20(2)33(31-19)18-23-10-12-25(13-11-23)28(35)32(17-24-4-3-5-26(29)14-24)16-22-8-6-21(15-30)7-9-22/h3-14H,16-18H2,1-2H3. The molecule has 37 heavy (non-hydrogen) atoms. The van der Waals surface area contributed by atoms with E-state index in [1.54, 1.807) is 84.1 Å². The van der Waals surface area contributed by atoms with Crippen LogP contribution in [0.5, 0.6) is 0 Å². The van der Waals surface area contributed by atoms with Crippen LogP contribution in [0.2, 0.25) is 0 Å². The van der Waals surface area contributed by atoms with Crippen molar-refractivity contribution in [2.75, 3.05) is 0 Å². The Balaban J connectivity index is 1.56. The summed E-state index contributed by atoms with van der Waals surface area (Å²) < 4.78 is 15.4. The number of rotatable bonds is 8. The number of hydrogen-bond donors (Lipinski definition) is 0. The summed E-state index contributed by atoms with van der Waals surface area (Å²) in [4.78, 5) is 26.0. The van der Waals surface area contributed by atoms with E-state index in [0.29, 0.717) is 34.6 Å². The molecule has 0 fully saturated rings. The summed E-state index contributed by atoms with van der Waals surface area (Å²) in [5.74, 6) is -0.612. The summed E-state index contributed by atoms with van der Waals surface area (Å²) in [6, 6.07) is 22.2. The van der Waals surface area contributed by atoms with Gasteiger partial charge in [-0.2, -0.15) is 10.4 Å². The molecule has 0 saturated heterocycles. The fraction of sp³-hybridized carbons (Fsp3) is 0.179. The molecule has 0 aliphatic carbocycles. The van der Waals surface area contributed by atoms with Crippen LogP contribution in [0.25, 0.3) is 0 Å². The molecule has 3 aromatic carbocycles. The fourth-order valence-corrected chi connectivity index (χ4v) is 4.17. The van der Waals surface area contributed by atoms with Crippen LogP contribution in [-0.4, -0.2) is 25.5 Å². The summed E-state index contributed by atoms with van der Waals surface area (Å²) >= 11 is 0. The van der Waals surface area contributed by atoms with Gasteiger partial charge < -0.3 is 4.90 Å². The van der Waals surface area contributed by atoms with Crippen molar-refractivity contribution in [3.05, 3.63) is 128 Å². The van der Waals surface area contributed by atoms with Crippen molar-refractivity contribution in [1.29, 1.82) is 5.26 Å². The van der Waals surface area contributed by atoms with Crippen molar-refractivity contribution in [2.24, 2.45) is 0 Å². The highest BCUT2D eigenvalue weighted by Crippen LogP contribution is 2.23. The Morgan fingerprint density at radius 3 is 2.27 bits per heavy atom. The number of carbonyl (C=O) groups is 1. The van der Waals surface area contributed by atoms with Crippen LogP contribution in [0.3, 0.4) is 0 Å². The van der Waals surface area contributed by atoms with Gasteiger partial charge in [-0.05, 0) is 66.9 Å². The third-order valence-electron chi connectivity index (χ3n) is 6.07. The topological polar surface area (TPSA) is 105 Å². The molecule has 1 aromatic heterocycles. The van der Waals surface area contributed by atoms with Crippen LogP contribution in [0.1, 0.15) is 44.0 Å². The number of hydrogen-bond acceptors (Lipinski definition) is 5. The van der Waals surface area contributed by atoms with E-state index in [-0.39, 0.29) is 30.5 Å². The molecule has 0 saturated carbocycles. The maximum atomic E-state index is 13.8. The van der Waals surface area contributed by atoms with Gasteiger partial charge in [-0.25, -0.2) is 4.39 Å². The third-order valence-corrected chi connectivity index (χ3v) is 6.07. The highest BCUT2D eigenvalue weighted by molar-refractivity contribution is 5.94. The number of aryl methyl sites for hydroxylation is 1. The number of carbonyl (C=O) groups excluding carboxylic acids is 1. The zero-order chi connectivity index (χ0) is 26.5. The largest absolute Gasteiger partial charge is 0.330 e. The van der Waals surface area contributed by atoms with Crippen LogP contribution >= 0.6 is 0 Å². The van der Waals surface area contributed by atoms with Gasteiger partial charge in [0.1, 0.15) is 17.2 Å². The highest BCUT2D eigenvalue weighted by Gasteiger charge is 2.22. The molecule has 1 amide bonds. The first-order chi connectivity index (χ1) is 17.7. The lowest BCUT2D eigenvalue weighted by Gasteiger charge is -2.23. The smallest absolute Gasteiger partial charge is 0.312 e. The average Bonchev–Trinajstić information content (AvgIpc) is 3.16. The first-order valence-corrected chi connectivity index (χ1v) is 11.5. The van der Waals surface area contributed by atoms with Crippen LogP contribution in [0, 0.1) is 41.1 Å². The van der Waals surface area contributed by atoms with Crippen molar-refractivity contribution >= 4 is 11.6 Å². The van der Waals surface area contributed by atoms with Crippen molar-refractivity contribution < 1.29 is 14.1 Å². The maximum Gasteiger partial charge on any atom is 0.312 e. The van der Waals surface area contributed by atoms with E-state index in [4.69, 9.17) is 5.26 Å². The van der Waals surface area contributed by atoms with Gasteiger partial charge >= 0.3 is 5.69 Å². The molecule has 4 rings (SSSR count). The molecule has 0 unspecified atom stereocenters.